The number of nitriles is 1. The van der Waals surface area contributed by atoms with E-state index in [1.165, 1.54) is 5.39 Å². The number of halogens is 2. The highest BCUT2D eigenvalue weighted by molar-refractivity contribution is 9.11. The van der Waals surface area contributed by atoms with Crippen molar-refractivity contribution in [2.75, 3.05) is 5.32 Å². The minimum atomic E-state index is -0.465. The van der Waals surface area contributed by atoms with Gasteiger partial charge in [-0.2, -0.15) is 5.26 Å². The lowest BCUT2D eigenvalue weighted by Crippen LogP contribution is -2.13. The summed E-state index contributed by atoms with van der Waals surface area (Å²) in [6.07, 6.45) is 1.54. The Balaban J connectivity index is 1.50. The molecular weight excluding hydrogens is 544 g/mol. The molecule has 1 N–H and O–H groups in total. The van der Waals surface area contributed by atoms with Gasteiger partial charge in [0, 0.05) is 5.69 Å². The van der Waals surface area contributed by atoms with Crippen LogP contribution in [-0.2, 0) is 11.4 Å². The average Bonchev–Trinajstić information content (AvgIpc) is 2.82. The first kappa shape index (κ1) is 22.8. The van der Waals surface area contributed by atoms with E-state index < -0.39 is 5.91 Å². The Bertz CT molecular complexity index is 1370. The van der Waals surface area contributed by atoms with E-state index in [0.717, 1.165) is 10.9 Å². The van der Waals surface area contributed by atoms with E-state index >= 15 is 0 Å². The highest BCUT2D eigenvalue weighted by atomic mass is 79.9. The second-order valence-corrected chi connectivity index (χ2v) is 8.98. The van der Waals surface area contributed by atoms with Gasteiger partial charge in [0.05, 0.1) is 8.95 Å². The molecule has 0 aliphatic carbocycles. The first-order valence-corrected chi connectivity index (χ1v) is 11.7. The molecule has 0 radical (unpaired) electrons. The number of fused-ring (bicyclic) bond motifs is 1. The Morgan fingerprint density at radius 3 is 2.27 bits per heavy atom. The molecule has 0 aromatic heterocycles. The molecular formula is C27H18Br2N2O2. The maximum absolute atomic E-state index is 12.5. The van der Waals surface area contributed by atoms with Gasteiger partial charge in [0.25, 0.3) is 5.91 Å². The zero-order valence-electron chi connectivity index (χ0n) is 17.4. The normalized spacial score (nSPS) is 11.1. The van der Waals surface area contributed by atoms with Crippen molar-refractivity contribution in [2.45, 2.75) is 6.61 Å². The largest absolute Gasteiger partial charge is 0.487 e. The summed E-state index contributed by atoms with van der Waals surface area (Å²) in [7, 11) is 0. The lowest BCUT2D eigenvalue weighted by Gasteiger charge is -2.12. The van der Waals surface area contributed by atoms with Crippen molar-refractivity contribution in [2.24, 2.45) is 0 Å². The van der Waals surface area contributed by atoms with E-state index in [4.69, 9.17) is 4.74 Å². The number of rotatable bonds is 6. The molecule has 33 heavy (non-hydrogen) atoms. The Morgan fingerprint density at radius 2 is 1.58 bits per heavy atom. The van der Waals surface area contributed by atoms with Crippen molar-refractivity contribution in [3.8, 4) is 11.8 Å². The third kappa shape index (κ3) is 5.70. The number of hydrogen-bond acceptors (Lipinski definition) is 3. The Labute approximate surface area is 208 Å². The fourth-order valence-corrected chi connectivity index (χ4v) is 4.77. The number of ether oxygens (including phenoxy) is 1. The van der Waals surface area contributed by atoms with Crippen LogP contribution in [0.4, 0.5) is 5.69 Å². The van der Waals surface area contributed by atoms with E-state index in [9.17, 15) is 10.1 Å². The second-order valence-electron chi connectivity index (χ2n) is 7.27. The molecule has 0 saturated heterocycles. The molecule has 0 aliphatic heterocycles. The summed E-state index contributed by atoms with van der Waals surface area (Å²) in [5.74, 6) is 0.181. The van der Waals surface area contributed by atoms with Gasteiger partial charge in [-0.25, -0.2) is 0 Å². The number of carbonyl (C=O) groups excluding carboxylic acids is 1. The number of para-hydroxylation sites is 1. The predicted molar refractivity (Wildman–Crippen MR) is 139 cm³/mol. The lowest BCUT2D eigenvalue weighted by molar-refractivity contribution is -0.112. The van der Waals surface area contributed by atoms with Gasteiger partial charge in [-0.1, -0.05) is 54.6 Å². The van der Waals surface area contributed by atoms with Crippen LogP contribution in [0, 0.1) is 11.3 Å². The van der Waals surface area contributed by atoms with Crippen LogP contribution in [0.25, 0.3) is 16.8 Å². The number of amides is 1. The molecule has 4 nitrogen and oxygen atoms in total. The molecule has 0 saturated carbocycles. The topological polar surface area (TPSA) is 62.1 Å². The molecule has 1 amide bonds. The molecule has 0 spiro atoms. The van der Waals surface area contributed by atoms with Gasteiger partial charge in [0.1, 0.15) is 24.0 Å². The summed E-state index contributed by atoms with van der Waals surface area (Å²) >= 11 is 7.09. The van der Waals surface area contributed by atoms with Crippen molar-refractivity contribution < 1.29 is 9.53 Å². The maximum Gasteiger partial charge on any atom is 0.266 e. The van der Waals surface area contributed by atoms with Crippen LogP contribution < -0.4 is 10.1 Å². The average molecular weight is 562 g/mol. The number of carbonyl (C=O) groups is 1. The molecule has 0 unspecified atom stereocenters. The zero-order chi connectivity index (χ0) is 23.2. The minimum absolute atomic E-state index is 0.00230. The van der Waals surface area contributed by atoms with Gasteiger partial charge in [-0.15, -0.1) is 0 Å². The maximum atomic E-state index is 12.5. The van der Waals surface area contributed by atoms with Crippen molar-refractivity contribution >= 4 is 60.3 Å². The van der Waals surface area contributed by atoms with Gasteiger partial charge in [-0.3, -0.25) is 4.79 Å². The van der Waals surface area contributed by atoms with Crippen LogP contribution in [0.5, 0.6) is 5.75 Å². The summed E-state index contributed by atoms with van der Waals surface area (Å²) in [5, 5.41) is 14.6. The third-order valence-electron chi connectivity index (χ3n) is 4.93. The van der Waals surface area contributed by atoms with Crippen LogP contribution >= 0.6 is 31.9 Å². The van der Waals surface area contributed by atoms with Gasteiger partial charge >= 0.3 is 0 Å². The van der Waals surface area contributed by atoms with Crippen LogP contribution in [0.1, 0.15) is 11.1 Å². The Morgan fingerprint density at radius 1 is 0.909 bits per heavy atom. The molecule has 4 aromatic rings. The number of nitrogens with zero attached hydrogens (tertiary/aromatic N) is 1. The van der Waals surface area contributed by atoms with Gasteiger partial charge in [-0.05, 0) is 90.2 Å². The van der Waals surface area contributed by atoms with Crippen molar-refractivity contribution in [3.63, 3.8) is 0 Å². The highest BCUT2D eigenvalue weighted by Crippen LogP contribution is 2.36. The van der Waals surface area contributed by atoms with Crippen molar-refractivity contribution in [1.29, 1.82) is 5.26 Å². The van der Waals surface area contributed by atoms with Crippen molar-refractivity contribution in [3.05, 3.63) is 111 Å². The molecule has 0 atom stereocenters. The van der Waals surface area contributed by atoms with Gasteiger partial charge < -0.3 is 10.1 Å². The van der Waals surface area contributed by atoms with Gasteiger partial charge in [0.15, 0.2) is 0 Å². The summed E-state index contributed by atoms with van der Waals surface area (Å²) in [6, 6.07) is 29.0. The van der Waals surface area contributed by atoms with Crippen LogP contribution in [0.15, 0.2) is 99.4 Å². The first-order chi connectivity index (χ1) is 16.0. The number of benzene rings is 4. The lowest BCUT2D eigenvalue weighted by atomic mass is 10.1. The van der Waals surface area contributed by atoms with E-state index in [-0.39, 0.29) is 5.57 Å². The highest BCUT2D eigenvalue weighted by Gasteiger charge is 2.13. The fraction of sp³-hybridized carbons (Fsp3) is 0.0370. The van der Waals surface area contributed by atoms with E-state index in [2.05, 4.69) is 61.4 Å². The molecule has 0 fully saturated rings. The monoisotopic (exact) mass is 560 g/mol. The van der Waals surface area contributed by atoms with Crippen LogP contribution in [0.3, 0.4) is 0 Å². The molecule has 0 bridgehead atoms. The smallest absolute Gasteiger partial charge is 0.266 e. The Hall–Kier alpha value is -3.40. The zero-order valence-corrected chi connectivity index (χ0v) is 20.6. The molecule has 4 aromatic carbocycles. The predicted octanol–water partition coefficient (Wildman–Crippen LogP) is 7.49. The molecule has 6 heteroatoms. The fourth-order valence-electron chi connectivity index (χ4n) is 3.32. The number of nitrogens with one attached hydrogen (secondary N) is 1. The Kier molecular flexibility index (Phi) is 7.23. The van der Waals surface area contributed by atoms with Crippen LogP contribution in [-0.4, -0.2) is 5.91 Å². The van der Waals surface area contributed by atoms with E-state index in [1.807, 2.05) is 54.6 Å². The third-order valence-corrected chi connectivity index (χ3v) is 6.10. The molecule has 4 rings (SSSR count). The van der Waals surface area contributed by atoms with Crippen molar-refractivity contribution in [1.82, 2.24) is 0 Å². The summed E-state index contributed by atoms with van der Waals surface area (Å²) in [4.78, 5) is 12.5. The standard InChI is InChI=1S/C27H18Br2N2O2/c28-24-14-19(13-22(16-30)27(32)31-23-8-2-1-3-9-23)15-25(29)26(24)33-17-18-10-11-20-6-4-5-7-21(20)12-18/h1-15H,17H2,(H,31,32)/b22-13-. The van der Waals surface area contributed by atoms with Crippen LogP contribution in [0.2, 0.25) is 0 Å². The number of anilines is 1. The first-order valence-electron chi connectivity index (χ1n) is 10.1. The van der Waals surface area contributed by atoms with E-state index in [1.54, 1.807) is 18.2 Å². The summed E-state index contributed by atoms with van der Waals surface area (Å²) < 4.78 is 7.48. The summed E-state index contributed by atoms with van der Waals surface area (Å²) in [6.45, 7) is 0.403. The molecule has 162 valence electrons. The SMILES string of the molecule is N#C/C(=C/c1cc(Br)c(OCc2ccc3ccccc3c2)c(Br)c1)C(=O)Nc1ccccc1. The quantitative estimate of drug-likeness (QED) is 0.196. The minimum Gasteiger partial charge on any atom is -0.487 e. The second kappa shape index (κ2) is 10.5. The van der Waals surface area contributed by atoms with E-state index in [0.29, 0.717) is 32.6 Å². The summed E-state index contributed by atoms with van der Waals surface area (Å²) in [5.41, 5.74) is 2.37. The molecule has 0 aliphatic rings. The van der Waals surface area contributed by atoms with Gasteiger partial charge in [0.2, 0.25) is 0 Å². The number of hydrogen-bond donors (Lipinski definition) is 1. The molecule has 0 heterocycles.